The van der Waals surface area contributed by atoms with Crippen molar-refractivity contribution in [3.8, 4) is 5.75 Å². The van der Waals surface area contributed by atoms with E-state index in [1.165, 1.54) is 0 Å². The number of benzene rings is 2. The SMILES string of the molecule is NC(=O)c1c(Nc2cccc(CI)c2)n[nH]c1/N=C/c1cc(F)c(O)c(F)c1. The number of aromatic hydroxyl groups is 1. The standard InChI is InChI=1S/C18H14F2IN5O2/c19-12-5-10(6-13(20)15(12)27)8-23-17-14(16(22)28)18(26-25-17)24-11-3-1-2-9(4-11)7-21/h1-6,8,27H,7H2,(H2,22,28)(H2,24,25,26)/b23-8+. The average Bonchev–Trinajstić information content (AvgIpc) is 3.07. The predicted octanol–water partition coefficient (Wildman–Crippen LogP) is 3.92. The summed E-state index contributed by atoms with van der Waals surface area (Å²) in [4.78, 5) is 15.9. The van der Waals surface area contributed by atoms with Crippen molar-refractivity contribution in [3.05, 3.63) is 64.7 Å². The number of aliphatic imine (C=N–C) groups is 1. The highest BCUT2D eigenvalue weighted by Gasteiger charge is 2.18. The average molecular weight is 497 g/mol. The second-order valence-electron chi connectivity index (χ2n) is 5.71. The van der Waals surface area contributed by atoms with Crippen LogP contribution in [0.3, 0.4) is 0 Å². The lowest BCUT2D eigenvalue weighted by Crippen LogP contribution is -2.12. The molecule has 5 N–H and O–H groups in total. The molecule has 0 aliphatic carbocycles. The minimum Gasteiger partial charge on any atom is -0.503 e. The summed E-state index contributed by atoms with van der Waals surface area (Å²) in [5, 5.41) is 18.7. The van der Waals surface area contributed by atoms with Gasteiger partial charge < -0.3 is 16.2 Å². The number of halogens is 3. The van der Waals surface area contributed by atoms with Crippen molar-refractivity contribution < 1.29 is 18.7 Å². The van der Waals surface area contributed by atoms with Gasteiger partial charge in [0, 0.05) is 16.3 Å². The highest BCUT2D eigenvalue weighted by Crippen LogP contribution is 2.27. The quantitative estimate of drug-likeness (QED) is 0.235. The first-order valence-electron chi connectivity index (χ1n) is 7.91. The number of carbonyl (C=O) groups excluding carboxylic acids is 1. The number of anilines is 2. The van der Waals surface area contributed by atoms with E-state index in [0.29, 0.717) is 5.69 Å². The molecule has 0 saturated heterocycles. The van der Waals surface area contributed by atoms with Gasteiger partial charge in [-0.3, -0.25) is 9.89 Å². The molecule has 0 aliphatic heterocycles. The maximum absolute atomic E-state index is 13.4. The molecule has 1 heterocycles. The highest BCUT2D eigenvalue weighted by atomic mass is 127. The number of hydrogen-bond donors (Lipinski definition) is 4. The molecule has 0 fully saturated rings. The van der Waals surface area contributed by atoms with E-state index >= 15 is 0 Å². The molecule has 0 aliphatic rings. The summed E-state index contributed by atoms with van der Waals surface area (Å²) < 4.78 is 27.7. The number of H-pyrrole nitrogens is 1. The van der Waals surface area contributed by atoms with Crippen molar-refractivity contribution in [2.24, 2.45) is 10.7 Å². The molecule has 2 aromatic carbocycles. The first-order valence-corrected chi connectivity index (χ1v) is 9.43. The smallest absolute Gasteiger partial charge is 0.256 e. The lowest BCUT2D eigenvalue weighted by atomic mass is 10.2. The molecular weight excluding hydrogens is 483 g/mol. The Morgan fingerprint density at radius 3 is 2.68 bits per heavy atom. The summed E-state index contributed by atoms with van der Waals surface area (Å²) >= 11 is 2.23. The van der Waals surface area contributed by atoms with Crippen LogP contribution >= 0.6 is 22.6 Å². The lowest BCUT2D eigenvalue weighted by Gasteiger charge is -2.06. The van der Waals surface area contributed by atoms with Crippen LogP contribution in [-0.4, -0.2) is 27.4 Å². The highest BCUT2D eigenvalue weighted by molar-refractivity contribution is 14.1. The molecule has 0 saturated carbocycles. The molecule has 0 bridgehead atoms. The zero-order valence-corrected chi connectivity index (χ0v) is 16.4. The van der Waals surface area contributed by atoms with Crippen molar-refractivity contribution in [2.75, 3.05) is 5.32 Å². The van der Waals surface area contributed by atoms with Crippen LogP contribution in [0.5, 0.6) is 5.75 Å². The Bertz CT molecular complexity index is 1040. The molecule has 144 valence electrons. The van der Waals surface area contributed by atoms with Gasteiger partial charge in [0.1, 0.15) is 5.56 Å². The van der Waals surface area contributed by atoms with E-state index in [1.807, 2.05) is 18.2 Å². The van der Waals surface area contributed by atoms with Crippen LogP contribution in [0.25, 0.3) is 0 Å². The van der Waals surface area contributed by atoms with Crippen LogP contribution in [0.1, 0.15) is 21.5 Å². The van der Waals surface area contributed by atoms with Crippen LogP contribution in [0.2, 0.25) is 0 Å². The Balaban J connectivity index is 1.91. The van der Waals surface area contributed by atoms with Crippen LogP contribution < -0.4 is 11.1 Å². The van der Waals surface area contributed by atoms with Gasteiger partial charge in [0.05, 0.1) is 0 Å². The molecule has 1 amide bonds. The number of nitrogens with zero attached hydrogens (tertiary/aromatic N) is 2. The molecule has 7 nitrogen and oxygen atoms in total. The molecule has 0 spiro atoms. The van der Waals surface area contributed by atoms with Crippen molar-refractivity contribution in [3.63, 3.8) is 0 Å². The number of nitrogens with one attached hydrogen (secondary N) is 2. The number of primary amides is 1. The number of phenolic OH excluding ortho intramolecular Hbond substituents is 1. The summed E-state index contributed by atoms with van der Waals surface area (Å²) in [6, 6.07) is 9.33. The molecular formula is C18H14F2IN5O2. The van der Waals surface area contributed by atoms with Crippen LogP contribution in [0.4, 0.5) is 26.1 Å². The maximum atomic E-state index is 13.4. The number of aromatic amines is 1. The van der Waals surface area contributed by atoms with Gasteiger partial charge in [-0.1, -0.05) is 34.7 Å². The summed E-state index contributed by atoms with van der Waals surface area (Å²) in [6.45, 7) is 0. The summed E-state index contributed by atoms with van der Waals surface area (Å²) in [7, 11) is 0. The van der Waals surface area contributed by atoms with E-state index in [2.05, 4.69) is 43.1 Å². The Kier molecular flexibility index (Phi) is 5.87. The fourth-order valence-electron chi connectivity index (χ4n) is 2.42. The van der Waals surface area contributed by atoms with Crippen molar-refractivity contribution >= 4 is 52.0 Å². The molecule has 0 radical (unpaired) electrons. The van der Waals surface area contributed by atoms with E-state index in [4.69, 9.17) is 10.8 Å². The first-order chi connectivity index (χ1) is 13.4. The minimum atomic E-state index is -1.13. The number of rotatable bonds is 6. The number of hydrogen-bond acceptors (Lipinski definition) is 5. The number of aromatic nitrogens is 2. The van der Waals surface area contributed by atoms with Gasteiger partial charge in [-0.2, -0.15) is 5.10 Å². The van der Waals surface area contributed by atoms with E-state index in [0.717, 1.165) is 28.3 Å². The Morgan fingerprint density at radius 2 is 2.04 bits per heavy atom. The largest absolute Gasteiger partial charge is 0.503 e. The van der Waals surface area contributed by atoms with Gasteiger partial charge in [0.2, 0.25) is 0 Å². The number of amides is 1. The number of alkyl halides is 1. The maximum Gasteiger partial charge on any atom is 0.256 e. The zero-order valence-electron chi connectivity index (χ0n) is 14.2. The third-order valence-electron chi connectivity index (χ3n) is 3.72. The van der Waals surface area contributed by atoms with Gasteiger partial charge >= 0.3 is 0 Å². The Hall–Kier alpha value is -3.02. The molecule has 3 rings (SSSR count). The fourth-order valence-corrected chi connectivity index (χ4v) is 2.89. The van der Waals surface area contributed by atoms with Crippen molar-refractivity contribution in [1.82, 2.24) is 10.2 Å². The zero-order chi connectivity index (χ0) is 20.3. The lowest BCUT2D eigenvalue weighted by molar-refractivity contribution is 0.100. The van der Waals surface area contributed by atoms with Crippen molar-refractivity contribution in [1.29, 1.82) is 0 Å². The third-order valence-corrected chi connectivity index (χ3v) is 4.60. The summed E-state index contributed by atoms with van der Waals surface area (Å²) in [5.74, 6) is -3.91. The van der Waals surface area contributed by atoms with Gasteiger partial charge in [-0.05, 0) is 35.4 Å². The normalized spacial score (nSPS) is 11.1. The van der Waals surface area contributed by atoms with Gasteiger partial charge in [-0.25, -0.2) is 13.8 Å². The van der Waals surface area contributed by atoms with Crippen LogP contribution in [0, 0.1) is 11.6 Å². The van der Waals surface area contributed by atoms with E-state index in [-0.39, 0.29) is 22.8 Å². The molecule has 0 atom stereocenters. The fraction of sp³-hybridized carbons (Fsp3) is 0.0556. The van der Waals surface area contributed by atoms with Gasteiger partial charge in [0.25, 0.3) is 5.91 Å². The van der Waals surface area contributed by atoms with Crippen LogP contribution in [-0.2, 0) is 4.43 Å². The van der Waals surface area contributed by atoms with Crippen LogP contribution in [0.15, 0.2) is 41.4 Å². The van der Waals surface area contributed by atoms with E-state index in [1.54, 1.807) is 6.07 Å². The van der Waals surface area contributed by atoms with Gasteiger partial charge in [0.15, 0.2) is 29.0 Å². The Labute approximate surface area is 171 Å². The minimum absolute atomic E-state index is 0.00384. The van der Waals surface area contributed by atoms with Crippen molar-refractivity contribution in [2.45, 2.75) is 4.43 Å². The second kappa shape index (κ2) is 8.33. The topological polar surface area (TPSA) is 116 Å². The molecule has 10 heteroatoms. The van der Waals surface area contributed by atoms with Gasteiger partial charge in [-0.15, -0.1) is 0 Å². The monoisotopic (exact) mass is 497 g/mol. The molecule has 28 heavy (non-hydrogen) atoms. The van der Waals surface area contributed by atoms with E-state index < -0.39 is 23.3 Å². The summed E-state index contributed by atoms with van der Waals surface area (Å²) in [5.41, 5.74) is 7.27. The summed E-state index contributed by atoms with van der Waals surface area (Å²) in [6.07, 6.45) is 1.12. The number of carbonyl (C=O) groups is 1. The number of nitrogens with two attached hydrogens (primary N) is 1. The number of phenols is 1. The van der Waals surface area contributed by atoms with E-state index in [9.17, 15) is 13.6 Å². The second-order valence-corrected chi connectivity index (χ2v) is 6.47. The first kappa shape index (κ1) is 19.7. The Morgan fingerprint density at radius 1 is 1.32 bits per heavy atom. The molecule has 3 aromatic rings. The molecule has 1 aromatic heterocycles. The predicted molar refractivity (Wildman–Crippen MR) is 110 cm³/mol. The molecule has 0 unspecified atom stereocenters. The third kappa shape index (κ3) is 4.27.